The number of hydrogen-bond donors (Lipinski definition) is 1. The van der Waals surface area contributed by atoms with Crippen molar-refractivity contribution in [2.24, 2.45) is 5.92 Å². The number of ether oxygens (including phenoxy) is 2. The van der Waals surface area contributed by atoms with E-state index in [1.54, 1.807) is 19.2 Å². The number of rotatable bonds is 7. The van der Waals surface area contributed by atoms with Crippen LogP contribution in [0.1, 0.15) is 19.8 Å². The van der Waals surface area contributed by atoms with E-state index in [0.717, 1.165) is 26.1 Å². The van der Waals surface area contributed by atoms with Gasteiger partial charge in [0, 0.05) is 33.4 Å². The topological polar surface area (TPSA) is 41.9 Å². The maximum Gasteiger partial charge on any atom is 0.123 e. The van der Waals surface area contributed by atoms with E-state index in [-0.39, 0.29) is 11.7 Å². The highest BCUT2D eigenvalue weighted by Gasteiger charge is 2.38. The van der Waals surface area contributed by atoms with Crippen molar-refractivity contribution in [1.29, 1.82) is 0 Å². The molecular formula is C17H26FNO3. The molecule has 1 aliphatic rings. The second kappa shape index (κ2) is 7.90. The molecule has 5 heteroatoms. The van der Waals surface area contributed by atoms with Gasteiger partial charge in [-0.25, -0.2) is 4.39 Å². The van der Waals surface area contributed by atoms with Crippen molar-refractivity contribution in [1.82, 2.24) is 4.90 Å². The lowest BCUT2D eigenvalue weighted by Crippen LogP contribution is -2.52. The Bertz CT molecular complexity index is 454. The van der Waals surface area contributed by atoms with Crippen molar-refractivity contribution in [3.8, 4) is 5.75 Å². The zero-order valence-corrected chi connectivity index (χ0v) is 13.4. The lowest BCUT2D eigenvalue weighted by atomic mass is 9.80. The summed E-state index contributed by atoms with van der Waals surface area (Å²) in [6.45, 7) is 5.76. The molecule has 2 unspecified atom stereocenters. The molecule has 2 rings (SSSR count). The molecule has 1 heterocycles. The van der Waals surface area contributed by atoms with Crippen LogP contribution < -0.4 is 4.74 Å². The predicted molar refractivity (Wildman–Crippen MR) is 83.6 cm³/mol. The first-order chi connectivity index (χ1) is 10.5. The van der Waals surface area contributed by atoms with Gasteiger partial charge in [-0.15, -0.1) is 0 Å². The molecule has 2 atom stereocenters. The molecule has 0 bridgehead atoms. The van der Waals surface area contributed by atoms with Crippen LogP contribution >= 0.6 is 0 Å². The van der Waals surface area contributed by atoms with Gasteiger partial charge in [0.2, 0.25) is 0 Å². The summed E-state index contributed by atoms with van der Waals surface area (Å²) in [5.41, 5.74) is -0.621. The molecule has 1 aliphatic heterocycles. The van der Waals surface area contributed by atoms with Crippen molar-refractivity contribution in [3.05, 3.63) is 30.1 Å². The highest BCUT2D eigenvalue weighted by atomic mass is 19.1. The largest absolute Gasteiger partial charge is 0.492 e. The second-order valence-electron chi connectivity index (χ2n) is 6.10. The Balaban J connectivity index is 1.73. The maximum absolute atomic E-state index is 12.8. The maximum atomic E-state index is 12.8. The second-order valence-corrected chi connectivity index (χ2v) is 6.10. The Morgan fingerprint density at radius 1 is 1.32 bits per heavy atom. The fourth-order valence-corrected chi connectivity index (χ4v) is 2.92. The van der Waals surface area contributed by atoms with Crippen LogP contribution in [0.2, 0.25) is 0 Å². The first-order valence-electron chi connectivity index (χ1n) is 7.85. The minimum atomic E-state index is -0.621. The van der Waals surface area contributed by atoms with E-state index >= 15 is 0 Å². The standard InChI is InChI=1S/C17H26FNO3/c1-14-13-19(9-7-17(14,20)8-11-21-2)10-12-22-16-5-3-15(18)4-6-16/h3-6,14,20H,7-13H2,1-2H3. The highest BCUT2D eigenvalue weighted by molar-refractivity contribution is 5.21. The Morgan fingerprint density at radius 3 is 2.68 bits per heavy atom. The predicted octanol–water partition coefficient (Wildman–Crippen LogP) is 2.31. The lowest BCUT2D eigenvalue weighted by Gasteiger charge is -2.43. The number of halogens is 1. The third-order valence-electron chi connectivity index (χ3n) is 4.54. The van der Waals surface area contributed by atoms with Crippen LogP contribution in [0.5, 0.6) is 5.75 Å². The molecule has 1 aromatic carbocycles. The zero-order chi connectivity index (χ0) is 16.0. The van der Waals surface area contributed by atoms with E-state index in [1.165, 1.54) is 12.1 Å². The van der Waals surface area contributed by atoms with Crippen molar-refractivity contribution < 1.29 is 19.0 Å². The van der Waals surface area contributed by atoms with Gasteiger partial charge in [-0.1, -0.05) is 6.92 Å². The molecule has 124 valence electrons. The number of piperidine rings is 1. The van der Waals surface area contributed by atoms with Gasteiger partial charge in [0.05, 0.1) is 5.60 Å². The molecule has 0 amide bonds. The van der Waals surface area contributed by atoms with Gasteiger partial charge >= 0.3 is 0 Å². The third-order valence-corrected chi connectivity index (χ3v) is 4.54. The summed E-state index contributed by atoms with van der Waals surface area (Å²) in [7, 11) is 1.66. The molecule has 1 fully saturated rings. The normalized spacial score (nSPS) is 26.1. The van der Waals surface area contributed by atoms with E-state index in [2.05, 4.69) is 11.8 Å². The van der Waals surface area contributed by atoms with Crippen LogP contribution in [0.15, 0.2) is 24.3 Å². The van der Waals surface area contributed by atoms with Crippen LogP contribution in [0.25, 0.3) is 0 Å². The van der Waals surface area contributed by atoms with Crippen LogP contribution in [0, 0.1) is 11.7 Å². The van der Waals surface area contributed by atoms with Crippen LogP contribution in [-0.4, -0.2) is 55.6 Å². The molecule has 0 saturated carbocycles. The SMILES string of the molecule is COCCC1(O)CCN(CCOc2ccc(F)cc2)CC1C. The number of methoxy groups -OCH3 is 1. The molecule has 0 aliphatic carbocycles. The summed E-state index contributed by atoms with van der Waals surface area (Å²) >= 11 is 0. The van der Waals surface area contributed by atoms with E-state index in [1.807, 2.05) is 0 Å². The summed E-state index contributed by atoms with van der Waals surface area (Å²) in [5.74, 6) is 0.637. The van der Waals surface area contributed by atoms with Crippen molar-refractivity contribution in [3.63, 3.8) is 0 Å². The molecule has 22 heavy (non-hydrogen) atoms. The number of nitrogens with zero attached hydrogens (tertiary/aromatic N) is 1. The third kappa shape index (κ3) is 4.66. The minimum Gasteiger partial charge on any atom is -0.492 e. The van der Waals surface area contributed by atoms with E-state index in [4.69, 9.17) is 9.47 Å². The summed E-state index contributed by atoms with van der Waals surface area (Å²) in [6.07, 6.45) is 1.44. The molecule has 0 aromatic heterocycles. The number of aliphatic hydroxyl groups is 1. The molecule has 1 N–H and O–H groups in total. The Morgan fingerprint density at radius 2 is 2.05 bits per heavy atom. The molecule has 1 aromatic rings. The van der Waals surface area contributed by atoms with Crippen molar-refractivity contribution in [2.45, 2.75) is 25.4 Å². The van der Waals surface area contributed by atoms with Gasteiger partial charge in [-0.2, -0.15) is 0 Å². The van der Waals surface area contributed by atoms with Gasteiger partial charge in [0.25, 0.3) is 0 Å². The fraction of sp³-hybridized carbons (Fsp3) is 0.647. The molecule has 0 spiro atoms. The average molecular weight is 311 g/mol. The highest BCUT2D eigenvalue weighted by Crippen LogP contribution is 2.30. The summed E-state index contributed by atoms with van der Waals surface area (Å²) in [6, 6.07) is 6.07. The molecule has 4 nitrogen and oxygen atoms in total. The smallest absolute Gasteiger partial charge is 0.123 e. The van der Waals surface area contributed by atoms with Gasteiger partial charge in [0.15, 0.2) is 0 Å². The Hall–Kier alpha value is -1.17. The Kier molecular flexibility index (Phi) is 6.17. The first-order valence-corrected chi connectivity index (χ1v) is 7.85. The number of benzene rings is 1. The first kappa shape index (κ1) is 17.2. The van der Waals surface area contributed by atoms with Gasteiger partial charge < -0.3 is 14.6 Å². The van der Waals surface area contributed by atoms with Crippen LogP contribution in [0.3, 0.4) is 0 Å². The van der Waals surface area contributed by atoms with Crippen LogP contribution in [-0.2, 0) is 4.74 Å². The van der Waals surface area contributed by atoms with Crippen molar-refractivity contribution in [2.75, 3.05) is 40.0 Å². The minimum absolute atomic E-state index is 0.210. The average Bonchev–Trinajstić information content (AvgIpc) is 2.51. The fourth-order valence-electron chi connectivity index (χ4n) is 2.92. The zero-order valence-electron chi connectivity index (χ0n) is 13.4. The van der Waals surface area contributed by atoms with Gasteiger partial charge in [0.1, 0.15) is 18.2 Å². The van der Waals surface area contributed by atoms with E-state index < -0.39 is 5.60 Å². The number of likely N-dealkylation sites (tertiary alicyclic amines) is 1. The van der Waals surface area contributed by atoms with Crippen LogP contribution in [0.4, 0.5) is 4.39 Å². The lowest BCUT2D eigenvalue weighted by molar-refractivity contribution is -0.0823. The summed E-state index contributed by atoms with van der Waals surface area (Å²) in [5, 5.41) is 10.6. The van der Waals surface area contributed by atoms with Gasteiger partial charge in [-0.05, 0) is 43.0 Å². The molecule has 0 radical (unpaired) electrons. The van der Waals surface area contributed by atoms with Gasteiger partial charge in [-0.3, -0.25) is 4.90 Å². The monoisotopic (exact) mass is 311 g/mol. The van der Waals surface area contributed by atoms with Crippen molar-refractivity contribution >= 4 is 0 Å². The Labute approximate surface area is 131 Å². The number of hydrogen-bond acceptors (Lipinski definition) is 4. The quantitative estimate of drug-likeness (QED) is 0.839. The van der Waals surface area contributed by atoms with E-state index in [9.17, 15) is 9.50 Å². The summed E-state index contributed by atoms with van der Waals surface area (Å²) in [4.78, 5) is 2.30. The van der Waals surface area contributed by atoms with E-state index in [0.29, 0.717) is 25.4 Å². The molecule has 1 saturated heterocycles. The summed E-state index contributed by atoms with van der Waals surface area (Å²) < 4.78 is 23.5. The molecular weight excluding hydrogens is 285 g/mol.